The van der Waals surface area contributed by atoms with Crippen LogP contribution in [-0.4, -0.2) is 50.8 Å². The van der Waals surface area contributed by atoms with Crippen LogP contribution in [0.1, 0.15) is 32.1 Å². The SMILES string of the molecule is CN(C)C1(CNc2ncnc3c2cnn3C)CCCCC1. The summed E-state index contributed by atoms with van der Waals surface area (Å²) in [6.07, 6.45) is 9.91. The largest absolute Gasteiger partial charge is 0.367 e. The molecule has 1 aliphatic rings. The Morgan fingerprint density at radius 3 is 2.71 bits per heavy atom. The van der Waals surface area contributed by atoms with Crippen molar-refractivity contribution in [2.45, 2.75) is 37.6 Å². The lowest BCUT2D eigenvalue weighted by atomic mass is 9.80. The van der Waals surface area contributed by atoms with Gasteiger partial charge >= 0.3 is 0 Å². The minimum absolute atomic E-state index is 0.234. The van der Waals surface area contributed by atoms with Gasteiger partial charge in [-0.3, -0.25) is 4.68 Å². The van der Waals surface area contributed by atoms with Crippen molar-refractivity contribution in [3.8, 4) is 0 Å². The Balaban J connectivity index is 1.82. The zero-order valence-corrected chi connectivity index (χ0v) is 13.1. The first-order valence-corrected chi connectivity index (χ1v) is 7.66. The molecular formula is C15H24N6. The molecule has 114 valence electrons. The van der Waals surface area contributed by atoms with Crippen LogP contribution in [0, 0.1) is 0 Å². The summed E-state index contributed by atoms with van der Waals surface area (Å²) in [4.78, 5) is 11.1. The molecule has 0 aliphatic heterocycles. The van der Waals surface area contributed by atoms with E-state index < -0.39 is 0 Å². The monoisotopic (exact) mass is 288 g/mol. The molecule has 0 atom stereocenters. The van der Waals surface area contributed by atoms with Crippen molar-refractivity contribution < 1.29 is 0 Å². The average molecular weight is 288 g/mol. The Kier molecular flexibility index (Phi) is 3.80. The minimum Gasteiger partial charge on any atom is -0.367 e. The topological polar surface area (TPSA) is 58.9 Å². The third-order valence-corrected chi connectivity index (χ3v) is 4.85. The van der Waals surface area contributed by atoms with E-state index in [9.17, 15) is 0 Å². The van der Waals surface area contributed by atoms with Gasteiger partial charge in [-0.1, -0.05) is 19.3 Å². The Morgan fingerprint density at radius 1 is 1.24 bits per heavy atom. The van der Waals surface area contributed by atoms with E-state index in [0.717, 1.165) is 23.4 Å². The van der Waals surface area contributed by atoms with Crippen molar-refractivity contribution in [3.05, 3.63) is 12.5 Å². The van der Waals surface area contributed by atoms with E-state index in [-0.39, 0.29) is 5.54 Å². The number of nitrogens with one attached hydrogen (secondary N) is 1. The van der Waals surface area contributed by atoms with E-state index in [1.54, 1.807) is 11.0 Å². The van der Waals surface area contributed by atoms with E-state index in [1.807, 2.05) is 13.2 Å². The van der Waals surface area contributed by atoms with Gasteiger partial charge in [0.2, 0.25) is 0 Å². The summed E-state index contributed by atoms with van der Waals surface area (Å²) >= 11 is 0. The number of likely N-dealkylation sites (N-methyl/N-ethyl adjacent to an activating group) is 1. The van der Waals surface area contributed by atoms with E-state index in [2.05, 4.69) is 39.4 Å². The molecule has 0 saturated heterocycles. The first kappa shape index (κ1) is 14.3. The highest BCUT2D eigenvalue weighted by molar-refractivity contribution is 5.85. The Hall–Kier alpha value is -1.69. The van der Waals surface area contributed by atoms with E-state index in [0.29, 0.717) is 0 Å². The van der Waals surface area contributed by atoms with Crippen LogP contribution in [0.2, 0.25) is 0 Å². The van der Waals surface area contributed by atoms with Crippen molar-refractivity contribution in [2.75, 3.05) is 26.0 Å². The highest BCUT2D eigenvalue weighted by Gasteiger charge is 2.34. The third kappa shape index (κ3) is 2.60. The highest BCUT2D eigenvalue weighted by atomic mass is 15.3. The van der Waals surface area contributed by atoms with Crippen LogP contribution in [0.15, 0.2) is 12.5 Å². The summed E-state index contributed by atoms with van der Waals surface area (Å²) in [5.41, 5.74) is 1.10. The molecule has 6 nitrogen and oxygen atoms in total. The number of aryl methyl sites for hydroxylation is 1. The molecule has 0 bridgehead atoms. The van der Waals surface area contributed by atoms with Crippen molar-refractivity contribution in [3.63, 3.8) is 0 Å². The van der Waals surface area contributed by atoms with Crippen LogP contribution in [0.4, 0.5) is 5.82 Å². The maximum absolute atomic E-state index is 4.40. The quantitative estimate of drug-likeness (QED) is 0.933. The average Bonchev–Trinajstić information content (AvgIpc) is 2.88. The molecule has 1 aliphatic carbocycles. The summed E-state index contributed by atoms with van der Waals surface area (Å²) in [5.74, 6) is 0.889. The van der Waals surface area contributed by atoms with E-state index in [1.165, 1.54) is 32.1 Å². The molecule has 1 fully saturated rings. The van der Waals surface area contributed by atoms with Gasteiger partial charge in [-0.2, -0.15) is 5.10 Å². The van der Waals surface area contributed by atoms with Gasteiger partial charge in [0.05, 0.1) is 11.6 Å². The van der Waals surface area contributed by atoms with Crippen molar-refractivity contribution in [2.24, 2.45) is 7.05 Å². The van der Waals surface area contributed by atoms with Crippen LogP contribution < -0.4 is 5.32 Å². The first-order valence-electron chi connectivity index (χ1n) is 7.66. The van der Waals surface area contributed by atoms with Gasteiger partial charge in [0.1, 0.15) is 12.1 Å². The predicted octanol–water partition coefficient (Wildman–Crippen LogP) is 2.04. The molecule has 2 aromatic rings. The zero-order valence-electron chi connectivity index (χ0n) is 13.1. The second-order valence-electron chi connectivity index (χ2n) is 6.26. The summed E-state index contributed by atoms with van der Waals surface area (Å²) < 4.78 is 1.78. The van der Waals surface area contributed by atoms with Gasteiger partial charge in [0, 0.05) is 19.1 Å². The normalized spacial score (nSPS) is 18.3. The van der Waals surface area contributed by atoms with Gasteiger partial charge in [-0.25, -0.2) is 9.97 Å². The molecule has 0 aromatic carbocycles. The number of aromatic nitrogens is 4. The van der Waals surface area contributed by atoms with Gasteiger partial charge in [-0.15, -0.1) is 0 Å². The molecule has 0 spiro atoms. The van der Waals surface area contributed by atoms with Crippen molar-refractivity contribution in [1.29, 1.82) is 0 Å². The number of hydrogen-bond acceptors (Lipinski definition) is 5. The number of anilines is 1. The molecule has 3 rings (SSSR count). The fourth-order valence-corrected chi connectivity index (χ4v) is 3.34. The lowest BCUT2D eigenvalue weighted by Crippen LogP contribution is -2.51. The van der Waals surface area contributed by atoms with Crippen LogP contribution in [0.25, 0.3) is 11.0 Å². The molecule has 1 N–H and O–H groups in total. The summed E-state index contributed by atoms with van der Waals surface area (Å²) in [6.45, 7) is 0.918. The van der Waals surface area contributed by atoms with Gasteiger partial charge in [0.15, 0.2) is 5.65 Å². The minimum atomic E-state index is 0.234. The standard InChI is InChI=1S/C15H24N6/c1-20(2)15(7-5-4-6-8-15)10-16-13-12-9-19-21(3)14(12)18-11-17-13/h9,11H,4-8,10H2,1-3H3,(H,16,17,18). The second kappa shape index (κ2) is 5.60. The number of nitrogens with zero attached hydrogens (tertiary/aromatic N) is 5. The number of hydrogen-bond donors (Lipinski definition) is 1. The molecule has 1 saturated carbocycles. The molecule has 21 heavy (non-hydrogen) atoms. The summed E-state index contributed by atoms with van der Waals surface area (Å²) in [7, 11) is 6.28. The molecule has 0 unspecified atom stereocenters. The molecule has 0 radical (unpaired) electrons. The van der Waals surface area contributed by atoms with Crippen molar-refractivity contribution in [1.82, 2.24) is 24.6 Å². The molecule has 2 heterocycles. The maximum Gasteiger partial charge on any atom is 0.163 e. The number of rotatable bonds is 4. The smallest absolute Gasteiger partial charge is 0.163 e. The first-order chi connectivity index (χ1) is 10.1. The molecule has 6 heteroatoms. The lowest BCUT2D eigenvalue weighted by molar-refractivity contribution is 0.113. The van der Waals surface area contributed by atoms with Gasteiger partial charge in [-0.05, 0) is 26.9 Å². The Labute approximate surface area is 125 Å². The molecular weight excluding hydrogens is 264 g/mol. The van der Waals surface area contributed by atoms with Crippen LogP contribution >= 0.6 is 0 Å². The van der Waals surface area contributed by atoms with E-state index >= 15 is 0 Å². The fourth-order valence-electron chi connectivity index (χ4n) is 3.34. The van der Waals surface area contributed by atoms with E-state index in [4.69, 9.17) is 0 Å². The molecule has 2 aromatic heterocycles. The third-order valence-electron chi connectivity index (χ3n) is 4.85. The summed E-state index contributed by atoms with van der Waals surface area (Å²) in [5, 5.41) is 8.80. The van der Waals surface area contributed by atoms with Crippen LogP contribution in [-0.2, 0) is 7.05 Å². The van der Waals surface area contributed by atoms with Crippen LogP contribution in [0.5, 0.6) is 0 Å². The maximum atomic E-state index is 4.40. The van der Waals surface area contributed by atoms with Crippen LogP contribution in [0.3, 0.4) is 0 Å². The zero-order chi connectivity index (χ0) is 14.9. The highest BCUT2D eigenvalue weighted by Crippen LogP contribution is 2.32. The van der Waals surface area contributed by atoms with Gasteiger partial charge in [0.25, 0.3) is 0 Å². The fraction of sp³-hybridized carbons (Fsp3) is 0.667. The summed E-state index contributed by atoms with van der Waals surface area (Å²) in [6, 6.07) is 0. The second-order valence-corrected chi connectivity index (χ2v) is 6.26. The Bertz CT molecular complexity index is 612. The predicted molar refractivity (Wildman–Crippen MR) is 84.3 cm³/mol. The van der Waals surface area contributed by atoms with Gasteiger partial charge < -0.3 is 10.2 Å². The Morgan fingerprint density at radius 2 is 2.00 bits per heavy atom. The number of fused-ring (bicyclic) bond motifs is 1. The molecule has 0 amide bonds. The lowest BCUT2D eigenvalue weighted by Gasteiger charge is -2.43. The van der Waals surface area contributed by atoms with Crippen molar-refractivity contribution >= 4 is 16.9 Å².